The lowest BCUT2D eigenvalue weighted by Crippen LogP contribution is -1.91. The van der Waals surface area contributed by atoms with Crippen molar-refractivity contribution in [3.05, 3.63) is 29.9 Å². The van der Waals surface area contributed by atoms with Crippen LogP contribution in [0.25, 0.3) is 11.0 Å². The molecule has 6 nitrogen and oxygen atoms in total. The van der Waals surface area contributed by atoms with Gasteiger partial charge in [0, 0.05) is 12.5 Å². The summed E-state index contributed by atoms with van der Waals surface area (Å²) in [5.41, 5.74) is 1.86. The van der Waals surface area contributed by atoms with Gasteiger partial charge in [0.2, 0.25) is 5.89 Å². The van der Waals surface area contributed by atoms with E-state index in [1.807, 2.05) is 25.1 Å². The average molecular weight is 318 g/mol. The number of ether oxygens (including phenoxy) is 1. The number of hydrogen-bond donors (Lipinski definition) is 1. The first-order chi connectivity index (χ1) is 10.7. The predicted molar refractivity (Wildman–Crippen MR) is 85.2 cm³/mol. The molecule has 7 heteroatoms. The summed E-state index contributed by atoms with van der Waals surface area (Å²) in [4.78, 5) is 12.3. The zero-order valence-corrected chi connectivity index (χ0v) is 13.6. The van der Waals surface area contributed by atoms with E-state index in [1.165, 1.54) is 0 Å². The molecule has 0 bridgehead atoms. The molecule has 0 aliphatic rings. The van der Waals surface area contributed by atoms with E-state index < -0.39 is 0 Å². The third-order valence-electron chi connectivity index (χ3n) is 3.26. The monoisotopic (exact) mass is 318 g/mol. The molecule has 1 atom stereocenters. The summed E-state index contributed by atoms with van der Waals surface area (Å²) in [5.74, 6) is 2.20. The van der Waals surface area contributed by atoms with Gasteiger partial charge in [-0.15, -0.1) is 0 Å². The van der Waals surface area contributed by atoms with E-state index in [2.05, 4.69) is 27.0 Å². The molecule has 0 saturated heterocycles. The number of methoxy groups -OCH3 is 1. The van der Waals surface area contributed by atoms with Crippen molar-refractivity contribution in [3.63, 3.8) is 0 Å². The number of imidazole rings is 1. The largest absolute Gasteiger partial charge is 0.497 e. The summed E-state index contributed by atoms with van der Waals surface area (Å²) < 4.78 is 10.5. The van der Waals surface area contributed by atoms with Gasteiger partial charge in [-0.1, -0.05) is 23.8 Å². The first kappa shape index (κ1) is 14.9. The quantitative estimate of drug-likeness (QED) is 0.697. The summed E-state index contributed by atoms with van der Waals surface area (Å²) in [6.07, 6.45) is 1.84. The molecule has 1 N–H and O–H groups in total. The number of benzene rings is 1. The molecule has 2 aromatic heterocycles. The van der Waals surface area contributed by atoms with Crippen LogP contribution in [0, 0.1) is 0 Å². The molecule has 3 rings (SSSR count). The second-order valence-electron chi connectivity index (χ2n) is 4.98. The molecular formula is C15H18N4O2S. The fraction of sp³-hybridized carbons (Fsp3) is 0.400. The molecule has 0 spiro atoms. The molecular weight excluding hydrogens is 300 g/mol. The van der Waals surface area contributed by atoms with Gasteiger partial charge >= 0.3 is 0 Å². The van der Waals surface area contributed by atoms with Crippen LogP contribution < -0.4 is 4.74 Å². The van der Waals surface area contributed by atoms with E-state index in [-0.39, 0.29) is 5.25 Å². The molecule has 0 aliphatic heterocycles. The fourth-order valence-electron chi connectivity index (χ4n) is 2.12. The number of aromatic nitrogens is 4. The lowest BCUT2D eigenvalue weighted by atomic mass is 10.3. The van der Waals surface area contributed by atoms with Crippen LogP contribution in [-0.4, -0.2) is 27.2 Å². The lowest BCUT2D eigenvalue weighted by Gasteiger charge is -2.02. The Labute approximate surface area is 132 Å². The number of aromatic amines is 1. The molecule has 1 aromatic carbocycles. The Bertz CT molecular complexity index is 768. The minimum atomic E-state index is 0.0422. The van der Waals surface area contributed by atoms with Crippen molar-refractivity contribution >= 4 is 22.8 Å². The van der Waals surface area contributed by atoms with Crippen molar-refractivity contribution in [2.24, 2.45) is 0 Å². The molecule has 0 radical (unpaired) electrons. The topological polar surface area (TPSA) is 76.8 Å². The minimum Gasteiger partial charge on any atom is -0.497 e. The molecule has 0 fully saturated rings. The Morgan fingerprint density at radius 2 is 2.23 bits per heavy atom. The molecule has 0 amide bonds. The standard InChI is InChI=1S/C15H18N4O2S/c1-4-5-13-18-14(21-19-13)9(2)22-15-16-11-7-6-10(20-3)8-12(11)17-15/h6-9H,4-5H2,1-3H3,(H,16,17). The Morgan fingerprint density at radius 3 is 3.00 bits per heavy atom. The number of nitrogens with zero attached hydrogens (tertiary/aromatic N) is 3. The van der Waals surface area contributed by atoms with Crippen molar-refractivity contribution in [1.82, 2.24) is 20.1 Å². The van der Waals surface area contributed by atoms with Gasteiger partial charge in [-0.3, -0.25) is 0 Å². The van der Waals surface area contributed by atoms with E-state index in [0.29, 0.717) is 5.89 Å². The van der Waals surface area contributed by atoms with Crippen molar-refractivity contribution < 1.29 is 9.26 Å². The van der Waals surface area contributed by atoms with Crippen molar-refractivity contribution in [2.45, 2.75) is 37.1 Å². The zero-order valence-electron chi connectivity index (χ0n) is 12.8. The maximum absolute atomic E-state index is 5.32. The maximum atomic E-state index is 5.32. The second kappa shape index (κ2) is 6.39. The molecule has 1 unspecified atom stereocenters. The predicted octanol–water partition coefficient (Wildman–Crippen LogP) is 3.76. The third-order valence-corrected chi connectivity index (χ3v) is 4.23. The molecule has 2 heterocycles. The number of rotatable bonds is 6. The molecule has 116 valence electrons. The summed E-state index contributed by atoms with van der Waals surface area (Å²) in [6, 6.07) is 5.77. The van der Waals surface area contributed by atoms with Crippen molar-refractivity contribution in [2.75, 3.05) is 7.11 Å². The summed E-state index contributed by atoms with van der Waals surface area (Å²) >= 11 is 1.56. The molecule has 22 heavy (non-hydrogen) atoms. The molecule has 0 aliphatic carbocycles. The van der Waals surface area contributed by atoms with Gasteiger partial charge in [-0.05, 0) is 25.5 Å². The molecule has 3 aromatic rings. The van der Waals surface area contributed by atoms with Gasteiger partial charge in [0.25, 0.3) is 0 Å². The van der Waals surface area contributed by atoms with Crippen LogP contribution in [0.3, 0.4) is 0 Å². The van der Waals surface area contributed by atoms with Crippen LogP contribution in [0.1, 0.15) is 37.2 Å². The average Bonchev–Trinajstić information content (AvgIpc) is 3.12. The van der Waals surface area contributed by atoms with Gasteiger partial charge in [0.1, 0.15) is 5.75 Å². The van der Waals surface area contributed by atoms with Crippen LogP contribution >= 0.6 is 11.8 Å². The number of fused-ring (bicyclic) bond motifs is 1. The lowest BCUT2D eigenvalue weighted by molar-refractivity contribution is 0.374. The first-order valence-electron chi connectivity index (χ1n) is 7.22. The summed E-state index contributed by atoms with van der Waals surface area (Å²) in [7, 11) is 1.65. The van der Waals surface area contributed by atoms with Crippen molar-refractivity contribution in [3.8, 4) is 5.75 Å². The normalized spacial score (nSPS) is 12.7. The highest BCUT2D eigenvalue weighted by Crippen LogP contribution is 2.33. The zero-order chi connectivity index (χ0) is 15.5. The Morgan fingerprint density at radius 1 is 1.36 bits per heavy atom. The minimum absolute atomic E-state index is 0.0422. The van der Waals surface area contributed by atoms with Crippen LogP contribution in [0.4, 0.5) is 0 Å². The van der Waals surface area contributed by atoms with Gasteiger partial charge in [0.05, 0.1) is 23.4 Å². The smallest absolute Gasteiger partial charge is 0.239 e. The van der Waals surface area contributed by atoms with Gasteiger partial charge in [0.15, 0.2) is 11.0 Å². The number of nitrogens with one attached hydrogen (secondary N) is 1. The Hall–Kier alpha value is -2.02. The second-order valence-corrected chi connectivity index (χ2v) is 6.31. The fourth-order valence-corrected chi connectivity index (χ4v) is 2.98. The van der Waals surface area contributed by atoms with Crippen LogP contribution in [0.5, 0.6) is 5.75 Å². The van der Waals surface area contributed by atoms with E-state index in [0.717, 1.165) is 40.6 Å². The van der Waals surface area contributed by atoms with E-state index in [4.69, 9.17) is 9.26 Å². The summed E-state index contributed by atoms with van der Waals surface area (Å²) in [5, 5.41) is 4.85. The SMILES string of the molecule is CCCc1noc(C(C)Sc2nc3ccc(OC)cc3[nH]2)n1. The van der Waals surface area contributed by atoms with Gasteiger partial charge < -0.3 is 14.2 Å². The van der Waals surface area contributed by atoms with Crippen LogP contribution in [0.15, 0.2) is 27.9 Å². The van der Waals surface area contributed by atoms with E-state index in [1.54, 1.807) is 18.9 Å². The highest BCUT2D eigenvalue weighted by Gasteiger charge is 2.17. The van der Waals surface area contributed by atoms with Crippen LogP contribution in [-0.2, 0) is 6.42 Å². The third kappa shape index (κ3) is 3.09. The van der Waals surface area contributed by atoms with Gasteiger partial charge in [-0.2, -0.15) is 4.98 Å². The maximum Gasteiger partial charge on any atom is 0.239 e. The highest BCUT2D eigenvalue weighted by molar-refractivity contribution is 7.99. The Balaban J connectivity index is 1.76. The number of hydrogen-bond acceptors (Lipinski definition) is 6. The highest BCUT2D eigenvalue weighted by atomic mass is 32.2. The first-order valence-corrected chi connectivity index (χ1v) is 8.10. The number of aryl methyl sites for hydroxylation is 1. The molecule has 0 saturated carbocycles. The van der Waals surface area contributed by atoms with Crippen molar-refractivity contribution in [1.29, 1.82) is 0 Å². The van der Waals surface area contributed by atoms with Crippen LogP contribution in [0.2, 0.25) is 0 Å². The number of thioether (sulfide) groups is 1. The van der Waals surface area contributed by atoms with E-state index >= 15 is 0 Å². The van der Waals surface area contributed by atoms with Gasteiger partial charge in [-0.25, -0.2) is 4.98 Å². The Kier molecular flexibility index (Phi) is 4.33. The number of H-pyrrole nitrogens is 1. The summed E-state index contributed by atoms with van der Waals surface area (Å²) in [6.45, 7) is 4.12. The van der Waals surface area contributed by atoms with E-state index in [9.17, 15) is 0 Å².